The van der Waals surface area contributed by atoms with Crippen molar-refractivity contribution in [1.82, 2.24) is 4.90 Å². The largest absolute Gasteiger partial charge is 0.326 e. The minimum Gasteiger partial charge on any atom is -0.326 e. The minimum absolute atomic E-state index is 0.0259. The molecular formula is C14H20BrN3. The summed E-state index contributed by atoms with van der Waals surface area (Å²) >= 11 is 3.49. The summed E-state index contributed by atoms with van der Waals surface area (Å²) < 4.78 is 1.06. The summed E-state index contributed by atoms with van der Waals surface area (Å²) in [4.78, 5) is 2.26. The second kappa shape index (κ2) is 7.52. The number of halogens is 1. The summed E-state index contributed by atoms with van der Waals surface area (Å²) in [6.45, 7) is 5.76. The number of nitriles is 1. The van der Waals surface area contributed by atoms with Gasteiger partial charge in [-0.15, -0.1) is 0 Å². The molecule has 0 aliphatic heterocycles. The van der Waals surface area contributed by atoms with Gasteiger partial charge in [0.1, 0.15) is 0 Å². The number of rotatable bonds is 6. The monoisotopic (exact) mass is 309 g/mol. The third-order valence-electron chi connectivity index (χ3n) is 3.00. The third kappa shape index (κ3) is 4.09. The van der Waals surface area contributed by atoms with Crippen molar-refractivity contribution in [2.45, 2.75) is 32.4 Å². The number of nitrogens with two attached hydrogens (primary N) is 1. The van der Waals surface area contributed by atoms with E-state index in [1.165, 1.54) is 5.56 Å². The van der Waals surface area contributed by atoms with E-state index in [2.05, 4.69) is 46.0 Å². The fourth-order valence-electron chi connectivity index (χ4n) is 2.22. The van der Waals surface area contributed by atoms with Crippen LogP contribution in [0.5, 0.6) is 0 Å². The van der Waals surface area contributed by atoms with Crippen LogP contribution in [0.4, 0.5) is 0 Å². The molecule has 0 heterocycles. The Morgan fingerprint density at radius 2 is 2.22 bits per heavy atom. The van der Waals surface area contributed by atoms with Gasteiger partial charge >= 0.3 is 0 Å². The van der Waals surface area contributed by atoms with Gasteiger partial charge in [-0.05, 0) is 31.2 Å². The fourth-order valence-corrected chi connectivity index (χ4v) is 2.64. The zero-order valence-electron chi connectivity index (χ0n) is 10.9. The number of benzene rings is 1. The Bertz CT molecular complexity index is 412. The van der Waals surface area contributed by atoms with E-state index in [-0.39, 0.29) is 12.1 Å². The zero-order valence-corrected chi connectivity index (χ0v) is 12.5. The normalized spacial score (nSPS) is 14.2. The maximum Gasteiger partial charge on any atom is 0.0635 e. The van der Waals surface area contributed by atoms with Crippen LogP contribution in [0.15, 0.2) is 28.7 Å². The molecule has 3 nitrogen and oxygen atoms in total. The van der Waals surface area contributed by atoms with E-state index in [0.717, 1.165) is 17.6 Å². The zero-order chi connectivity index (χ0) is 13.5. The molecule has 0 saturated carbocycles. The van der Waals surface area contributed by atoms with Crippen LogP contribution in [0, 0.1) is 11.3 Å². The van der Waals surface area contributed by atoms with Crippen LogP contribution in [0.3, 0.4) is 0 Å². The van der Waals surface area contributed by atoms with Gasteiger partial charge in [0.25, 0.3) is 0 Å². The van der Waals surface area contributed by atoms with Crippen molar-refractivity contribution in [1.29, 1.82) is 5.26 Å². The smallest absolute Gasteiger partial charge is 0.0635 e. The molecule has 1 rings (SSSR count). The quantitative estimate of drug-likeness (QED) is 0.878. The van der Waals surface area contributed by atoms with Gasteiger partial charge in [0.2, 0.25) is 0 Å². The Morgan fingerprint density at radius 1 is 1.50 bits per heavy atom. The highest BCUT2D eigenvalue weighted by molar-refractivity contribution is 9.10. The molecule has 2 N–H and O–H groups in total. The summed E-state index contributed by atoms with van der Waals surface area (Å²) in [5.74, 6) is 0. The Labute approximate surface area is 118 Å². The fraction of sp³-hybridized carbons (Fsp3) is 0.500. The predicted octanol–water partition coefficient (Wildman–Crippen LogP) is 3.07. The molecule has 18 heavy (non-hydrogen) atoms. The number of hydrogen-bond donors (Lipinski definition) is 1. The molecule has 0 saturated heterocycles. The van der Waals surface area contributed by atoms with E-state index in [4.69, 9.17) is 11.0 Å². The van der Waals surface area contributed by atoms with Gasteiger partial charge in [-0.25, -0.2) is 0 Å². The molecule has 0 aliphatic rings. The Kier molecular flexibility index (Phi) is 6.34. The van der Waals surface area contributed by atoms with Crippen molar-refractivity contribution in [3.63, 3.8) is 0 Å². The van der Waals surface area contributed by atoms with Gasteiger partial charge in [0.15, 0.2) is 0 Å². The molecule has 0 radical (unpaired) electrons. The molecule has 98 valence electrons. The van der Waals surface area contributed by atoms with E-state index in [1.807, 2.05) is 19.1 Å². The van der Waals surface area contributed by atoms with Crippen LogP contribution < -0.4 is 5.73 Å². The highest BCUT2D eigenvalue weighted by atomic mass is 79.9. The van der Waals surface area contributed by atoms with Gasteiger partial charge in [-0.2, -0.15) is 5.26 Å². The third-order valence-corrected chi connectivity index (χ3v) is 3.49. The second-order valence-electron chi connectivity index (χ2n) is 4.40. The van der Waals surface area contributed by atoms with Crippen LogP contribution in [-0.4, -0.2) is 24.0 Å². The minimum atomic E-state index is 0.0259. The lowest BCUT2D eigenvalue weighted by molar-refractivity contribution is 0.189. The molecule has 1 aromatic carbocycles. The van der Waals surface area contributed by atoms with Crippen molar-refractivity contribution in [2.24, 2.45) is 5.73 Å². The first-order valence-electron chi connectivity index (χ1n) is 6.22. The first-order chi connectivity index (χ1) is 8.60. The SMILES string of the molecule is CCN(CCC#N)C(c1cccc(Br)c1)C(C)N. The molecule has 4 heteroatoms. The lowest BCUT2D eigenvalue weighted by Gasteiger charge is -2.33. The standard InChI is InChI=1S/C14H20BrN3/c1-3-18(9-5-8-16)14(11(2)17)12-6-4-7-13(15)10-12/h4,6-7,10-11,14H,3,5,9,17H2,1-2H3. The summed E-state index contributed by atoms with van der Waals surface area (Å²) in [5.41, 5.74) is 7.32. The molecule has 0 aromatic heterocycles. The van der Waals surface area contributed by atoms with Gasteiger partial charge in [0.05, 0.1) is 6.07 Å². The van der Waals surface area contributed by atoms with Crippen molar-refractivity contribution >= 4 is 15.9 Å². The van der Waals surface area contributed by atoms with E-state index in [1.54, 1.807) is 0 Å². The van der Waals surface area contributed by atoms with Gasteiger partial charge in [-0.1, -0.05) is 35.0 Å². The Hall–Kier alpha value is -0.890. The molecule has 2 unspecified atom stereocenters. The number of hydrogen-bond acceptors (Lipinski definition) is 3. The van der Waals surface area contributed by atoms with Crippen molar-refractivity contribution in [3.8, 4) is 6.07 Å². The predicted molar refractivity (Wildman–Crippen MR) is 78.0 cm³/mol. The Morgan fingerprint density at radius 3 is 2.72 bits per heavy atom. The molecule has 0 fully saturated rings. The van der Waals surface area contributed by atoms with Crippen LogP contribution in [0.2, 0.25) is 0 Å². The first-order valence-corrected chi connectivity index (χ1v) is 7.01. The number of likely N-dealkylation sites (N-methyl/N-ethyl adjacent to an activating group) is 1. The highest BCUT2D eigenvalue weighted by Crippen LogP contribution is 2.26. The van der Waals surface area contributed by atoms with E-state index in [9.17, 15) is 0 Å². The van der Waals surface area contributed by atoms with Crippen LogP contribution in [-0.2, 0) is 0 Å². The average molecular weight is 310 g/mol. The molecule has 2 atom stereocenters. The maximum atomic E-state index is 8.73. The van der Waals surface area contributed by atoms with Crippen molar-refractivity contribution < 1.29 is 0 Å². The van der Waals surface area contributed by atoms with Crippen LogP contribution >= 0.6 is 15.9 Å². The van der Waals surface area contributed by atoms with E-state index >= 15 is 0 Å². The van der Waals surface area contributed by atoms with E-state index < -0.39 is 0 Å². The van der Waals surface area contributed by atoms with Crippen LogP contribution in [0.25, 0.3) is 0 Å². The molecule has 0 spiro atoms. The van der Waals surface area contributed by atoms with E-state index in [0.29, 0.717) is 6.42 Å². The lowest BCUT2D eigenvalue weighted by Crippen LogP contribution is -2.40. The summed E-state index contributed by atoms with van der Waals surface area (Å²) in [6, 6.07) is 10.6. The molecule has 0 amide bonds. The molecule has 0 bridgehead atoms. The van der Waals surface area contributed by atoms with Crippen LogP contribution in [0.1, 0.15) is 31.9 Å². The summed E-state index contributed by atoms with van der Waals surface area (Å²) in [7, 11) is 0. The highest BCUT2D eigenvalue weighted by Gasteiger charge is 2.22. The lowest BCUT2D eigenvalue weighted by atomic mass is 9.99. The molecular weight excluding hydrogens is 290 g/mol. The van der Waals surface area contributed by atoms with Gasteiger partial charge in [-0.3, -0.25) is 4.90 Å². The number of nitrogens with zero attached hydrogens (tertiary/aromatic N) is 2. The summed E-state index contributed by atoms with van der Waals surface area (Å²) in [5, 5.41) is 8.73. The van der Waals surface area contributed by atoms with Crippen molar-refractivity contribution in [2.75, 3.05) is 13.1 Å². The van der Waals surface area contributed by atoms with Gasteiger partial charge < -0.3 is 5.73 Å². The Balaban J connectivity index is 2.97. The molecule has 1 aromatic rings. The molecule has 0 aliphatic carbocycles. The first kappa shape index (κ1) is 15.2. The topological polar surface area (TPSA) is 53.0 Å². The van der Waals surface area contributed by atoms with Crippen molar-refractivity contribution in [3.05, 3.63) is 34.3 Å². The summed E-state index contributed by atoms with van der Waals surface area (Å²) in [6.07, 6.45) is 0.533. The maximum absolute atomic E-state index is 8.73. The second-order valence-corrected chi connectivity index (χ2v) is 5.31. The van der Waals surface area contributed by atoms with Gasteiger partial charge in [0, 0.05) is 29.5 Å². The average Bonchev–Trinajstić information content (AvgIpc) is 2.33.